The lowest BCUT2D eigenvalue weighted by Crippen LogP contribution is -2.31. The molecule has 0 aliphatic rings. The van der Waals surface area contributed by atoms with Crippen LogP contribution in [0.25, 0.3) is 0 Å². The second-order valence-corrected chi connectivity index (χ2v) is 4.42. The lowest BCUT2D eigenvalue weighted by molar-refractivity contribution is -0.120. The minimum absolute atomic E-state index is 0.00269. The van der Waals surface area contributed by atoms with Crippen molar-refractivity contribution in [2.24, 2.45) is 7.05 Å². The molecule has 1 aromatic heterocycles. The molecule has 1 rings (SSSR count). The first kappa shape index (κ1) is 11.8. The summed E-state index contributed by atoms with van der Waals surface area (Å²) in [4.78, 5) is 15.7. The van der Waals surface area contributed by atoms with E-state index < -0.39 is 0 Å². The Hall–Kier alpha value is -1.23. The number of hydrogen-bond acceptors (Lipinski definition) is 3. The van der Waals surface area contributed by atoms with Crippen LogP contribution in [0.5, 0.6) is 0 Å². The Labute approximate surface area is 93.8 Å². The molecule has 0 saturated carbocycles. The van der Waals surface area contributed by atoms with E-state index in [1.807, 2.05) is 24.7 Å². The van der Waals surface area contributed by atoms with Gasteiger partial charge >= 0.3 is 0 Å². The number of aromatic nitrogens is 2. The van der Waals surface area contributed by atoms with Crippen LogP contribution >= 0.6 is 11.8 Å². The molecule has 0 spiro atoms. The standard InChI is InChI=1S/C10H15N3OS/c1-4-5-11-9(14)8(2)15-10-12-6-7-13(10)3/h4,6-8H,1,5H2,2-3H3,(H,11,14)/t8-/m0/s1. The van der Waals surface area contributed by atoms with Crippen molar-refractivity contribution < 1.29 is 4.79 Å². The summed E-state index contributed by atoms with van der Waals surface area (Å²) in [5.41, 5.74) is 0. The number of nitrogens with zero attached hydrogens (tertiary/aromatic N) is 2. The molecule has 82 valence electrons. The van der Waals surface area contributed by atoms with Crippen molar-refractivity contribution in [3.05, 3.63) is 25.0 Å². The number of aryl methyl sites for hydroxylation is 1. The van der Waals surface area contributed by atoms with Gasteiger partial charge in [-0.05, 0) is 6.92 Å². The third-order valence-electron chi connectivity index (χ3n) is 1.85. The first-order chi connectivity index (χ1) is 7.15. The summed E-state index contributed by atoms with van der Waals surface area (Å²) in [7, 11) is 1.91. The van der Waals surface area contributed by atoms with Crippen LogP contribution in [0.15, 0.2) is 30.2 Å². The summed E-state index contributed by atoms with van der Waals surface area (Å²) in [5.74, 6) is 0.00269. The summed E-state index contributed by atoms with van der Waals surface area (Å²) in [6, 6.07) is 0. The van der Waals surface area contributed by atoms with Gasteiger partial charge < -0.3 is 9.88 Å². The van der Waals surface area contributed by atoms with Crippen LogP contribution < -0.4 is 5.32 Å². The number of rotatable bonds is 5. The monoisotopic (exact) mass is 225 g/mol. The fourth-order valence-electron chi connectivity index (χ4n) is 0.994. The predicted octanol–water partition coefficient (Wildman–Crippen LogP) is 1.20. The molecule has 0 aliphatic heterocycles. The van der Waals surface area contributed by atoms with Gasteiger partial charge in [0.05, 0.1) is 5.25 Å². The van der Waals surface area contributed by atoms with Gasteiger partial charge in [0.1, 0.15) is 0 Å². The zero-order chi connectivity index (χ0) is 11.3. The normalized spacial score (nSPS) is 12.1. The maximum atomic E-state index is 11.5. The Morgan fingerprint density at radius 2 is 2.60 bits per heavy atom. The molecular weight excluding hydrogens is 210 g/mol. The summed E-state index contributed by atoms with van der Waals surface area (Å²) >= 11 is 1.44. The average Bonchev–Trinajstić information content (AvgIpc) is 2.61. The largest absolute Gasteiger partial charge is 0.352 e. The highest BCUT2D eigenvalue weighted by atomic mass is 32.2. The molecule has 0 bridgehead atoms. The molecule has 0 fully saturated rings. The van der Waals surface area contributed by atoms with Crippen LogP contribution in [0.1, 0.15) is 6.92 Å². The number of carbonyl (C=O) groups excluding carboxylic acids is 1. The van der Waals surface area contributed by atoms with Crippen molar-refractivity contribution >= 4 is 17.7 Å². The van der Waals surface area contributed by atoms with Crippen molar-refractivity contribution in [1.29, 1.82) is 0 Å². The Bertz CT molecular complexity index is 348. The number of nitrogens with one attached hydrogen (secondary N) is 1. The second kappa shape index (κ2) is 5.60. The minimum Gasteiger partial charge on any atom is -0.352 e. The predicted molar refractivity (Wildman–Crippen MR) is 61.7 cm³/mol. The summed E-state index contributed by atoms with van der Waals surface area (Å²) < 4.78 is 1.89. The fourth-order valence-corrected chi connectivity index (χ4v) is 1.85. The van der Waals surface area contributed by atoms with Crippen LogP contribution in [-0.4, -0.2) is 27.3 Å². The number of thioether (sulfide) groups is 1. The number of amides is 1. The molecular formula is C10H15N3OS. The number of hydrogen-bond donors (Lipinski definition) is 1. The van der Waals surface area contributed by atoms with E-state index in [2.05, 4.69) is 16.9 Å². The minimum atomic E-state index is -0.147. The zero-order valence-electron chi connectivity index (χ0n) is 8.93. The number of imidazole rings is 1. The zero-order valence-corrected chi connectivity index (χ0v) is 9.75. The topological polar surface area (TPSA) is 46.9 Å². The Kier molecular flexibility index (Phi) is 4.42. The highest BCUT2D eigenvalue weighted by Gasteiger charge is 2.15. The maximum absolute atomic E-state index is 11.5. The molecule has 1 amide bonds. The molecule has 1 aromatic rings. The van der Waals surface area contributed by atoms with E-state index in [1.54, 1.807) is 12.3 Å². The molecule has 0 aromatic carbocycles. The van der Waals surface area contributed by atoms with E-state index in [0.717, 1.165) is 5.16 Å². The highest BCUT2D eigenvalue weighted by Crippen LogP contribution is 2.20. The van der Waals surface area contributed by atoms with Crippen molar-refractivity contribution in [2.45, 2.75) is 17.3 Å². The van der Waals surface area contributed by atoms with Crippen LogP contribution in [0.4, 0.5) is 0 Å². The van der Waals surface area contributed by atoms with Crippen molar-refractivity contribution in [3.8, 4) is 0 Å². The first-order valence-corrected chi connectivity index (χ1v) is 5.55. The molecule has 0 unspecified atom stereocenters. The third kappa shape index (κ3) is 3.43. The molecule has 1 N–H and O–H groups in total. The summed E-state index contributed by atoms with van der Waals surface area (Å²) in [6.07, 6.45) is 5.24. The van der Waals surface area contributed by atoms with E-state index in [-0.39, 0.29) is 11.2 Å². The van der Waals surface area contributed by atoms with E-state index in [1.165, 1.54) is 11.8 Å². The van der Waals surface area contributed by atoms with Gasteiger partial charge in [-0.3, -0.25) is 4.79 Å². The number of carbonyl (C=O) groups is 1. The van der Waals surface area contributed by atoms with Gasteiger partial charge in [-0.25, -0.2) is 4.98 Å². The van der Waals surface area contributed by atoms with Crippen molar-refractivity contribution in [1.82, 2.24) is 14.9 Å². The molecule has 0 aliphatic carbocycles. The van der Waals surface area contributed by atoms with Gasteiger partial charge in [-0.15, -0.1) is 6.58 Å². The van der Waals surface area contributed by atoms with Crippen LogP contribution in [-0.2, 0) is 11.8 Å². The van der Waals surface area contributed by atoms with Crippen LogP contribution in [0.2, 0.25) is 0 Å². The van der Waals surface area contributed by atoms with E-state index in [0.29, 0.717) is 6.54 Å². The fraction of sp³-hybridized carbons (Fsp3) is 0.400. The van der Waals surface area contributed by atoms with E-state index in [9.17, 15) is 4.79 Å². The first-order valence-electron chi connectivity index (χ1n) is 4.67. The molecule has 4 nitrogen and oxygen atoms in total. The summed E-state index contributed by atoms with van der Waals surface area (Å²) in [6.45, 7) is 5.91. The Balaban J connectivity index is 2.48. The van der Waals surface area contributed by atoms with Gasteiger partial charge in [0.25, 0.3) is 0 Å². The van der Waals surface area contributed by atoms with E-state index in [4.69, 9.17) is 0 Å². The van der Waals surface area contributed by atoms with Gasteiger partial charge in [0.2, 0.25) is 5.91 Å². The summed E-state index contributed by atoms with van der Waals surface area (Å²) in [5, 5.41) is 3.45. The average molecular weight is 225 g/mol. The quantitative estimate of drug-likeness (QED) is 0.605. The van der Waals surface area contributed by atoms with E-state index >= 15 is 0 Å². The van der Waals surface area contributed by atoms with Crippen molar-refractivity contribution in [2.75, 3.05) is 6.54 Å². The molecule has 0 saturated heterocycles. The van der Waals surface area contributed by atoms with Gasteiger partial charge in [-0.2, -0.15) is 0 Å². The third-order valence-corrected chi connectivity index (χ3v) is 3.02. The molecule has 15 heavy (non-hydrogen) atoms. The van der Waals surface area contributed by atoms with Crippen LogP contribution in [0.3, 0.4) is 0 Å². The van der Waals surface area contributed by atoms with Gasteiger partial charge in [0, 0.05) is 26.0 Å². The molecule has 1 heterocycles. The van der Waals surface area contributed by atoms with Gasteiger partial charge in [0.15, 0.2) is 5.16 Å². The second-order valence-electron chi connectivity index (χ2n) is 3.11. The Morgan fingerprint density at radius 3 is 3.13 bits per heavy atom. The SMILES string of the molecule is C=CCNC(=O)[C@H](C)Sc1nccn1C. The molecule has 0 radical (unpaired) electrons. The molecule has 1 atom stereocenters. The maximum Gasteiger partial charge on any atom is 0.233 e. The smallest absolute Gasteiger partial charge is 0.233 e. The lowest BCUT2D eigenvalue weighted by Gasteiger charge is -2.10. The Morgan fingerprint density at radius 1 is 1.87 bits per heavy atom. The van der Waals surface area contributed by atoms with Gasteiger partial charge in [-0.1, -0.05) is 17.8 Å². The lowest BCUT2D eigenvalue weighted by atomic mass is 10.4. The van der Waals surface area contributed by atoms with Crippen LogP contribution in [0, 0.1) is 0 Å². The highest BCUT2D eigenvalue weighted by molar-refractivity contribution is 8.00. The van der Waals surface area contributed by atoms with Crippen molar-refractivity contribution in [3.63, 3.8) is 0 Å². The molecule has 5 heteroatoms.